The molecule has 1 aromatic rings. The van der Waals surface area contributed by atoms with Crippen LogP contribution in [0.25, 0.3) is 0 Å². The second kappa shape index (κ2) is 6.71. The van der Waals surface area contributed by atoms with Crippen molar-refractivity contribution in [2.24, 2.45) is 0 Å². The summed E-state index contributed by atoms with van der Waals surface area (Å²) >= 11 is 12.3. The number of halogens is 2. The van der Waals surface area contributed by atoms with Gasteiger partial charge in [0.25, 0.3) is 0 Å². The van der Waals surface area contributed by atoms with Gasteiger partial charge in [0.1, 0.15) is 5.75 Å². The molecule has 1 atom stereocenters. The molecule has 1 aliphatic rings. The number of β-amino-alcohol motifs (C(OH)–C–C–N with tert-alkyl or cyclic N) is 1. The first-order chi connectivity index (χ1) is 9.81. The molecule has 0 bridgehead atoms. The average molecular weight is 333 g/mol. The number of rotatable bonds is 4. The zero-order valence-corrected chi connectivity index (χ0v) is 14.0. The number of likely N-dealkylation sites (tertiary alicyclic amines) is 1. The zero-order valence-electron chi connectivity index (χ0n) is 12.4. The van der Waals surface area contributed by atoms with E-state index in [1.807, 2.05) is 19.0 Å². The number of hydrogen-bond donors (Lipinski definition) is 2. The summed E-state index contributed by atoms with van der Waals surface area (Å²) in [5.41, 5.74) is 0.00443. The van der Waals surface area contributed by atoms with Crippen molar-refractivity contribution >= 4 is 23.2 Å². The number of aliphatic hydroxyl groups is 1. The Bertz CT molecular complexity index is 511. The van der Waals surface area contributed by atoms with Crippen LogP contribution in [-0.4, -0.2) is 59.3 Å². The first-order valence-electron chi connectivity index (χ1n) is 7.06. The van der Waals surface area contributed by atoms with Gasteiger partial charge in [-0.15, -0.1) is 0 Å². The molecule has 0 unspecified atom stereocenters. The maximum absolute atomic E-state index is 10.7. The van der Waals surface area contributed by atoms with E-state index in [1.54, 1.807) is 6.07 Å². The summed E-state index contributed by atoms with van der Waals surface area (Å²) in [5, 5.41) is 21.2. The van der Waals surface area contributed by atoms with E-state index in [-0.39, 0.29) is 5.75 Å². The van der Waals surface area contributed by atoms with Gasteiger partial charge < -0.3 is 15.1 Å². The molecule has 0 aromatic heterocycles. The van der Waals surface area contributed by atoms with E-state index in [0.717, 1.165) is 19.4 Å². The summed E-state index contributed by atoms with van der Waals surface area (Å²) in [6, 6.07) is 3.14. The van der Waals surface area contributed by atoms with Gasteiger partial charge in [0, 0.05) is 30.2 Å². The molecule has 1 aliphatic heterocycles. The summed E-state index contributed by atoms with van der Waals surface area (Å²) < 4.78 is 0. The summed E-state index contributed by atoms with van der Waals surface area (Å²) in [4.78, 5) is 4.14. The molecule has 0 aliphatic carbocycles. The Labute approximate surface area is 135 Å². The first-order valence-corrected chi connectivity index (χ1v) is 7.82. The third kappa shape index (κ3) is 4.24. The molecule has 1 heterocycles. The summed E-state index contributed by atoms with van der Waals surface area (Å²) in [5.74, 6) is 0.0385. The highest BCUT2D eigenvalue weighted by molar-refractivity contribution is 6.36. The Balaban J connectivity index is 2.12. The summed E-state index contributed by atoms with van der Waals surface area (Å²) in [6.07, 6.45) is 1.72. The summed E-state index contributed by atoms with van der Waals surface area (Å²) in [7, 11) is 3.92. The lowest BCUT2D eigenvalue weighted by Crippen LogP contribution is -2.52. The number of phenols is 1. The Morgan fingerprint density at radius 1 is 1.33 bits per heavy atom. The number of phenolic OH excluding ortho intramolecular Hbond substituents is 1. The molecule has 1 fully saturated rings. The molecular weight excluding hydrogens is 311 g/mol. The largest absolute Gasteiger partial charge is 0.506 e. The van der Waals surface area contributed by atoms with Crippen molar-refractivity contribution in [1.29, 1.82) is 0 Å². The number of hydrogen-bond acceptors (Lipinski definition) is 4. The third-order valence-corrected chi connectivity index (χ3v) is 4.57. The fourth-order valence-corrected chi connectivity index (χ4v) is 3.50. The van der Waals surface area contributed by atoms with Crippen molar-refractivity contribution in [1.82, 2.24) is 9.80 Å². The van der Waals surface area contributed by atoms with Gasteiger partial charge in [-0.25, -0.2) is 0 Å². The minimum absolute atomic E-state index is 0.0385. The quantitative estimate of drug-likeness (QED) is 0.889. The predicted molar refractivity (Wildman–Crippen MR) is 86.1 cm³/mol. The molecule has 4 nitrogen and oxygen atoms in total. The van der Waals surface area contributed by atoms with Crippen LogP contribution in [0, 0.1) is 0 Å². The first kappa shape index (κ1) is 16.8. The molecule has 1 aromatic carbocycles. The van der Waals surface area contributed by atoms with E-state index in [9.17, 15) is 10.2 Å². The number of aromatic hydroxyl groups is 1. The van der Waals surface area contributed by atoms with Crippen LogP contribution in [0.15, 0.2) is 12.1 Å². The van der Waals surface area contributed by atoms with Crippen molar-refractivity contribution < 1.29 is 10.2 Å². The molecule has 0 saturated carbocycles. The number of likely N-dealkylation sites (N-methyl/N-ethyl adjacent to an activating group) is 1. The van der Waals surface area contributed by atoms with Crippen molar-refractivity contribution in [2.45, 2.75) is 25.0 Å². The monoisotopic (exact) mass is 332 g/mol. The predicted octanol–water partition coefficient (Wildman–Crippen LogP) is 2.59. The Kier molecular flexibility index (Phi) is 5.38. The highest BCUT2D eigenvalue weighted by Gasteiger charge is 2.34. The van der Waals surface area contributed by atoms with Crippen molar-refractivity contribution in [3.05, 3.63) is 27.7 Å². The lowest BCUT2D eigenvalue weighted by Gasteiger charge is -2.40. The van der Waals surface area contributed by atoms with Crippen LogP contribution < -0.4 is 0 Å². The maximum Gasteiger partial charge on any atom is 0.134 e. The highest BCUT2D eigenvalue weighted by atomic mass is 35.5. The van der Waals surface area contributed by atoms with Gasteiger partial charge in [-0.05, 0) is 45.6 Å². The maximum atomic E-state index is 10.7. The average Bonchev–Trinajstić information content (AvgIpc) is 2.38. The van der Waals surface area contributed by atoms with E-state index in [0.29, 0.717) is 35.2 Å². The molecular formula is C15H22Cl2N2O2. The second-order valence-electron chi connectivity index (χ2n) is 6.14. The summed E-state index contributed by atoms with van der Waals surface area (Å²) in [6.45, 7) is 2.62. The van der Waals surface area contributed by atoms with E-state index in [2.05, 4.69) is 4.90 Å². The standard InChI is InChI=1S/C15H22Cl2N2O2/c1-18(2)9-15(21)6-3-7-19(10-15)8-11-12(16)4-5-13(20)14(11)17/h4-5,20-21H,3,6-10H2,1-2H3/t15-/m0/s1. The minimum Gasteiger partial charge on any atom is -0.506 e. The van der Waals surface area contributed by atoms with Crippen LogP contribution in [0.2, 0.25) is 10.0 Å². The van der Waals surface area contributed by atoms with Crippen LogP contribution in [0.3, 0.4) is 0 Å². The lowest BCUT2D eigenvalue weighted by molar-refractivity contribution is -0.0479. The van der Waals surface area contributed by atoms with E-state index in [1.165, 1.54) is 6.07 Å². The Morgan fingerprint density at radius 2 is 2.05 bits per heavy atom. The number of piperidine rings is 1. The van der Waals surface area contributed by atoms with Gasteiger partial charge in [0.05, 0.1) is 10.6 Å². The fraction of sp³-hybridized carbons (Fsp3) is 0.600. The zero-order chi connectivity index (χ0) is 15.6. The van der Waals surface area contributed by atoms with Crippen LogP contribution in [0.4, 0.5) is 0 Å². The molecule has 0 radical (unpaired) electrons. The Hall–Kier alpha value is -0.520. The fourth-order valence-electron chi connectivity index (χ4n) is 3.01. The van der Waals surface area contributed by atoms with E-state index in [4.69, 9.17) is 23.2 Å². The van der Waals surface area contributed by atoms with Gasteiger partial charge in [0.2, 0.25) is 0 Å². The van der Waals surface area contributed by atoms with Gasteiger partial charge in [-0.1, -0.05) is 23.2 Å². The number of benzene rings is 1. The molecule has 2 rings (SSSR count). The van der Waals surface area contributed by atoms with Crippen LogP contribution in [0.1, 0.15) is 18.4 Å². The lowest BCUT2D eigenvalue weighted by atomic mass is 9.92. The van der Waals surface area contributed by atoms with Gasteiger partial charge >= 0.3 is 0 Å². The van der Waals surface area contributed by atoms with E-state index >= 15 is 0 Å². The van der Waals surface area contributed by atoms with Crippen molar-refractivity contribution in [3.63, 3.8) is 0 Å². The molecule has 1 saturated heterocycles. The van der Waals surface area contributed by atoms with E-state index < -0.39 is 5.60 Å². The Morgan fingerprint density at radius 3 is 2.71 bits per heavy atom. The van der Waals surface area contributed by atoms with Crippen molar-refractivity contribution in [2.75, 3.05) is 33.7 Å². The molecule has 6 heteroatoms. The topological polar surface area (TPSA) is 46.9 Å². The smallest absolute Gasteiger partial charge is 0.134 e. The van der Waals surface area contributed by atoms with Crippen molar-refractivity contribution in [3.8, 4) is 5.75 Å². The van der Waals surface area contributed by atoms with Crippen LogP contribution in [-0.2, 0) is 6.54 Å². The SMILES string of the molecule is CN(C)C[C@@]1(O)CCCN(Cc2c(Cl)ccc(O)c2Cl)C1. The third-order valence-electron chi connectivity index (χ3n) is 3.79. The molecule has 118 valence electrons. The molecule has 2 N–H and O–H groups in total. The van der Waals surface area contributed by atoms with Gasteiger partial charge in [-0.3, -0.25) is 4.90 Å². The highest BCUT2D eigenvalue weighted by Crippen LogP contribution is 2.34. The molecule has 0 spiro atoms. The molecule has 21 heavy (non-hydrogen) atoms. The van der Waals surface area contributed by atoms with Gasteiger partial charge in [0.15, 0.2) is 0 Å². The molecule has 0 amide bonds. The minimum atomic E-state index is -0.711. The second-order valence-corrected chi connectivity index (χ2v) is 6.92. The van der Waals surface area contributed by atoms with Crippen LogP contribution >= 0.6 is 23.2 Å². The normalized spacial score (nSPS) is 23.7. The number of nitrogens with zero attached hydrogens (tertiary/aromatic N) is 2. The van der Waals surface area contributed by atoms with Crippen LogP contribution in [0.5, 0.6) is 5.75 Å². The van der Waals surface area contributed by atoms with Gasteiger partial charge in [-0.2, -0.15) is 0 Å².